The molecule has 2 rings (SSSR count). The molecule has 0 aliphatic rings. The first kappa shape index (κ1) is 15.0. The Hall–Kier alpha value is -2.36. The largest absolute Gasteiger partial charge is 0.357 e. The summed E-state index contributed by atoms with van der Waals surface area (Å²) >= 11 is 2.91. The predicted molar refractivity (Wildman–Crippen MR) is 75.6 cm³/mol. The summed E-state index contributed by atoms with van der Waals surface area (Å²) in [5.74, 6) is -1.79. The highest BCUT2D eigenvalue weighted by Gasteiger charge is 2.19. The van der Waals surface area contributed by atoms with Crippen molar-refractivity contribution in [2.24, 2.45) is 0 Å². The van der Waals surface area contributed by atoms with Gasteiger partial charge in [-0.1, -0.05) is 0 Å². The third kappa shape index (κ3) is 3.21. The van der Waals surface area contributed by atoms with Crippen molar-refractivity contribution in [1.82, 2.24) is 9.97 Å². The molecular formula is C11H8BrF2N5O2. The van der Waals surface area contributed by atoms with Crippen LogP contribution in [0.1, 0.15) is 0 Å². The molecule has 7 nitrogen and oxygen atoms in total. The fraction of sp³-hybridized carbons (Fsp3) is 0.0909. The van der Waals surface area contributed by atoms with Crippen LogP contribution >= 0.6 is 15.9 Å². The van der Waals surface area contributed by atoms with E-state index in [-0.39, 0.29) is 21.9 Å². The molecular weight excluding hydrogens is 352 g/mol. The van der Waals surface area contributed by atoms with Crippen molar-refractivity contribution < 1.29 is 13.7 Å². The van der Waals surface area contributed by atoms with Crippen molar-refractivity contribution in [3.8, 4) is 0 Å². The molecule has 1 aromatic heterocycles. The highest BCUT2D eigenvalue weighted by Crippen LogP contribution is 2.29. The Labute approximate surface area is 125 Å². The number of hydrogen-bond donors (Lipinski definition) is 2. The maximum atomic E-state index is 13.7. The van der Waals surface area contributed by atoms with Gasteiger partial charge in [-0.3, -0.25) is 10.1 Å². The van der Waals surface area contributed by atoms with Gasteiger partial charge < -0.3 is 10.6 Å². The fourth-order valence-corrected chi connectivity index (χ4v) is 1.81. The predicted octanol–water partition coefficient (Wildman–Crippen LogP) is 3.21. The fourth-order valence-electron chi connectivity index (χ4n) is 1.47. The molecule has 0 saturated heterocycles. The van der Waals surface area contributed by atoms with E-state index in [1.807, 2.05) is 0 Å². The molecule has 2 aromatic rings. The lowest BCUT2D eigenvalue weighted by Crippen LogP contribution is -2.05. The van der Waals surface area contributed by atoms with Crippen LogP contribution in [0, 0.1) is 21.7 Å². The molecule has 2 N–H and O–H groups in total. The molecule has 0 unspecified atom stereocenters. The van der Waals surface area contributed by atoms with E-state index in [1.165, 1.54) is 7.05 Å². The molecule has 110 valence electrons. The molecule has 0 aliphatic heterocycles. The molecule has 0 fully saturated rings. The number of rotatable bonds is 4. The average Bonchev–Trinajstić information content (AvgIpc) is 2.44. The van der Waals surface area contributed by atoms with E-state index in [2.05, 4.69) is 36.5 Å². The van der Waals surface area contributed by atoms with E-state index in [0.29, 0.717) is 6.07 Å². The third-order valence-electron chi connectivity index (χ3n) is 2.45. The van der Waals surface area contributed by atoms with Crippen molar-refractivity contribution >= 4 is 39.1 Å². The van der Waals surface area contributed by atoms with Crippen molar-refractivity contribution in [3.05, 3.63) is 44.6 Å². The van der Waals surface area contributed by atoms with Gasteiger partial charge in [0.15, 0.2) is 0 Å². The summed E-state index contributed by atoms with van der Waals surface area (Å²) in [6.45, 7) is 0. The number of halogens is 3. The van der Waals surface area contributed by atoms with Gasteiger partial charge in [0, 0.05) is 13.1 Å². The number of nitrogens with zero attached hydrogens (tertiary/aromatic N) is 3. The maximum absolute atomic E-state index is 13.7. The zero-order valence-corrected chi connectivity index (χ0v) is 12.1. The monoisotopic (exact) mass is 359 g/mol. The molecule has 0 aliphatic carbocycles. The van der Waals surface area contributed by atoms with Crippen LogP contribution in [0.4, 0.5) is 31.9 Å². The summed E-state index contributed by atoms with van der Waals surface area (Å²) in [7, 11) is 1.53. The van der Waals surface area contributed by atoms with E-state index in [4.69, 9.17) is 0 Å². The highest BCUT2D eigenvalue weighted by molar-refractivity contribution is 9.10. The number of nitrogens with one attached hydrogen (secondary N) is 2. The molecule has 0 radical (unpaired) electrons. The second kappa shape index (κ2) is 5.95. The lowest BCUT2D eigenvalue weighted by atomic mass is 10.3. The molecule has 1 heterocycles. The van der Waals surface area contributed by atoms with Crippen LogP contribution in [0.5, 0.6) is 0 Å². The van der Waals surface area contributed by atoms with Gasteiger partial charge in [-0.15, -0.1) is 0 Å². The number of hydrogen-bond acceptors (Lipinski definition) is 6. The number of anilines is 3. The van der Waals surface area contributed by atoms with Crippen LogP contribution in [-0.2, 0) is 0 Å². The Morgan fingerprint density at radius 1 is 1.33 bits per heavy atom. The Morgan fingerprint density at radius 3 is 2.67 bits per heavy atom. The molecule has 0 amide bonds. The second-order valence-electron chi connectivity index (χ2n) is 3.81. The smallest absolute Gasteiger partial charge is 0.329 e. The van der Waals surface area contributed by atoms with E-state index >= 15 is 0 Å². The van der Waals surface area contributed by atoms with Gasteiger partial charge >= 0.3 is 5.69 Å². The molecule has 1 aromatic carbocycles. The lowest BCUT2D eigenvalue weighted by molar-refractivity contribution is -0.384. The summed E-state index contributed by atoms with van der Waals surface area (Å²) < 4.78 is 26.9. The summed E-state index contributed by atoms with van der Waals surface area (Å²) in [6, 6.07) is 1.77. The van der Waals surface area contributed by atoms with Crippen LogP contribution in [0.3, 0.4) is 0 Å². The summed E-state index contributed by atoms with van der Waals surface area (Å²) in [4.78, 5) is 17.8. The Balaban J connectivity index is 2.47. The van der Waals surface area contributed by atoms with Crippen LogP contribution in [0.2, 0.25) is 0 Å². The first-order valence-electron chi connectivity index (χ1n) is 5.53. The van der Waals surface area contributed by atoms with Gasteiger partial charge in [-0.25, -0.2) is 13.8 Å². The standard InChI is InChI=1S/C11H8BrF2N5O2/c1-15-11-16-4-9(19(20)21)10(18-11)17-8-2-5(12)6(13)3-7(8)14/h2-4H,1H3,(H2,15,16,17,18). The van der Waals surface area contributed by atoms with Crippen molar-refractivity contribution in [1.29, 1.82) is 0 Å². The zero-order chi connectivity index (χ0) is 15.6. The van der Waals surface area contributed by atoms with Crippen LogP contribution < -0.4 is 10.6 Å². The first-order chi connectivity index (χ1) is 9.92. The van der Waals surface area contributed by atoms with Gasteiger partial charge in [-0.05, 0) is 22.0 Å². The quantitative estimate of drug-likeness (QED) is 0.494. The minimum atomic E-state index is -0.908. The van der Waals surface area contributed by atoms with Gasteiger partial charge in [-0.2, -0.15) is 4.98 Å². The zero-order valence-electron chi connectivity index (χ0n) is 10.5. The van der Waals surface area contributed by atoms with Crippen molar-refractivity contribution in [2.45, 2.75) is 0 Å². The average molecular weight is 360 g/mol. The topological polar surface area (TPSA) is 93.0 Å². The molecule has 21 heavy (non-hydrogen) atoms. The highest BCUT2D eigenvalue weighted by atomic mass is 79.9. The minimum Gasteiger partial charge on any atom is -0.357 e. The minimum absolute atomic E-state index is 0.0111. The van der Waals surface area contributed by atoms with Crippen LogP contribution in [0.15, 0.2) is 22.8 Å². The van der Waals surface area contributed by atoms with Gasteiger partial charge in [0.2, 0.25) is 11.8 Å². The van der Waals surface area contributed by atoms with E-state index in [0.717, 1.165) is 12.3 Å². The summed E-state index contributed by atoms with van der Waals surface area (Å²) in [5, 5.41) is 16.0. The molecule has 10 heteroatoms. The van der Waals surface area contributed by atoms with Gasteiger partial charge in [0.1, 0.15) is 17.8 Å². The number of benzene rings is 1. The van der Waals surface area contributed by atoms with Crippen molar-refractivity contribution in [3.63, 3.8) is 0 Å². The maximum Gasteiger partial charge on any atom is 0.329 e. The summed E-state index contributed by atoms with van der Waals surface area (Å²) in [6.07, 6.45) is 0.984. The van der Waals surface area contributed by atoms with E-state index in [1.54, 1.807) is 0 Å². The number of nitro groups is 1. The van der Waals surface area contributed by atoms with Crippen LogP contribution in [0.25, 0.3) is 0 Å². The Kier molecular flexibility index (Phi) is 4.26. The Morgan fingerprint density at radius 2 is 2.05 bits per heavy atom. The third-order valence-corrected chi connectivity index (χ3v) is 3.06. The SMILES string of the molecule is CNc1ncc([N+](=O)[O-])c(Nc2cc(Br)c(F)cc2F)n1. The van der Waals surface area contributed by atoms with Crippen LogP contribution in [-0.4, -0.2) is 21.9 Å². The van der Waals surface area contributed by atoms with Crippen molar-refractivity contribution in [2.75, 3.05) is 17.7 Å². The Bertz CT molecular complexity index is 713. The first-order valence-corrected chi connectivity index (χ1v) is 6.32. The molecule has 0 bridgehead atoms. The normalized spacial score (nSPS) is 10.3. The lowest BCUT2D eigenvalue weighted by Gasteiger charge is -2.09. The molecule has 0 saturated carbocycles. The molecule has 0 atom stereocenters. The number of aromatic nitrogens is 2. The van der Waals surface area contributed by atoms with Gasteiger partial charge in [0.25, 0.3) is 0 Å². The van der Waals surface area contributed by atoms with E-state index in [9.17, 15) is 18.9 Å². The second-order valence-corrected chi connectivity index (χ2v) is 4.66. The molecule has 0 spiro atoms. The summed E-state index contributed by atoms with van der Waals surface area (Å²) in [5.41, 5.74) is -0.596. The van der Waals surface area contributed by atoms with E-state index < -0.39 is 22.2 Å². The van der Waals surface area contributed by atoms with Gasteiger partial charge in [0.05, 0.1) is 15.1 Å².